The number of nitrogens with one attached hydrogen (secondary N) is 3. The molecule has 3 N–H and O–H groups in total. The van der Waals surface area contributed by atoms with Crippen LogP contribution in [0.4, 0.5) is 0 Å². The Morgan fingerprint density at radius 2 is 1.85 bits per heavy atom. The molecule has 0 fully saturated rings. The summed E-state index contributed by atoms with van der Waals surface area (Å²) >= 11 is 0. The van der Waals surface area contributed by atoms with Gasteiger partial charge in [-0.15, -0.1) is 0 Å². The number of hydrogen-bond acceptors (Lipinski definition) is 6. The lowest BCUT2D eigenvalue weighted by Crippen LogP contribution is -2.16. The molecule has 5 aromatic heterocycles. The molecular weight excluding hydrogens is 484 g/mol. The molecule has 0 aliphatic rings. The van der Waals surface area contributed by atoms with Gasteiger partial charge >= 0.3 is 0 Å². The molecule has 5 rings (SSSR count). The molecule has 39 heavy (non-hydrogen) atoms. The second-order valence-electron chi connectivity index (χ2n) is 10.6. The molecule has 196 valence electrons. The van der Waals surface area contributed by atoms with E-state index in [0.29, 0.717) is 11.5 Å². The third-order valence-electron chi connectivity index (χ3n) is 6.17. The van der Waals surface area contributed by atoms with Crippen LogP contribution in [-0.4, -0.2) is 35.1 Å². The summed E-state index contributed by atoms with van der Waals surface area (Å²) in [6.07, 6.45) is 12.0. The minimum absolute atomic E-state index is 0.134. The molecule has 0 amide bonds. The first-order valence-corrected chi connectivity index (χ1v) is 12.8. The second-order valence-corrected chi connectivity index (χ2v) is 10.6. The highest BCUT2D eigenvalue weighted by molar-refractivity contribution is 5.95. The van der Waals surface area contributed by atoms with Gasteiger partial charge in [0.25, 0.3) is 0 Å². The number of H-pyrrole nitrogens is 2. The van der Waals surface area contributed by atoms with Gasteiger partial charge in [-0.2, -0.15) is 5.10 Å². The van der Waals surface area contributed by atoms with Gasteiger partial charge in [0.1, 0.15) is 11.0 Å². The fraction of sp³-hybridized carbons (Fsp3) is 0.194. The minimum atomic E-state index is 0.134. The maximum Gasteiger partial charge on any atom is 0.161 e. The molecule has 8 nitrogen and oxygen atoms in total. The quantitative estimate of drug-likeness (QED) is 0.192. The number of fused-ring (bicyclic) bond motifs is 2. The zero-order chi connectivity index (χ0) is 27.6. The number of imidazole rings is 1. The Hall–Kier alpha value is -4.85. The Balaban J connectivity index is 1.51. The lowest BCUT2D eigenvalue weighted by molar-refractivity contribution is 0.403. The van der Waals surface area contributed by atoms with Gasteiger partial charge in [0.15, 0.2) is 11.5 Å². The molecule has 0 aromatic carbocycles. The van der Waals surface area contributed by atoms with E-state index in [-0.39, 0.29) is 5.41 Å². The highest BCUT2D eigenvalue weighted by atomic mass is 15.2. The van der Waals surface area contributed by atoms with Gasteiger partial charge in [-0.1, -0.05) is 40.0 Å². The molecule has 8 heteroatoms. The van der Waals surface area contributed by atoms with Crippen molar-refractivity contribution in [3.8, 4) is 22.8 Å². The smallest absolute Gasteiger partial charge is 0.161 e. The van der Waals surface area contributed by atoms with E-state index in [9.17, 15) is 0 Å². The first-order valence-electron chi connectivity index (χ1n) is 12.8. The van der Waals surface area contributed by atoms with Gasteiger partial charge in [0.2, 0.25) is 0 Å². The van der Waals surface area contributed by atoms with Gasteiger partial charge in [-0.3, -0.25) is 15.1 Å². The maximum absolute atomic E-state index is 4.98. The molecule has 5 heterocycles. The Labute approximate surface area is 227 Å². The van der Waals surface area contributed by atoms with Crippen molar-refractivity contribution in [1.29, 1.82) is 0 Å². The monoisotopic (exact) mass is 516 g/mol. The van der Waals surface area contributed by atoms with Gasteiger partial charge in [-0.05, 0) is 66.8 Å². The second kappa shape index (κ2) is 10.5. The molecule has 0 spiro atoms. The summed E-state index contributed by atoms with van der Waals surface area (Å²) in [4.78, 5) is 22.0. The van der Waals surface area contributed by atoms with Crippen molar-refractivity contribution in [1.82, 2.24) is 40.4 Å². The van der Waals surface area contributed by atoms with Crippen molar-refractivity contribution < 1.29 is 0 Å². The topological polar surface area (TPSA) is 108 Å². The van der Waals surface area contributed by atoms with E-state index >= 15 is 0 Å². The van der Waals surface area contributed by atoms with Crippen LogP contribution in [0.25, 0.3) is 50.4 Å². The number of rotatable bonds is 8. The summed E-state index contributed by atoms with van der Waals surface area (Å²) in [6.45, 7) is 16.7. The fourth-order valence-electron chi connectivity index (χ4n) is 4.49. The first-order chi connectivity index (χ1) is 18.8. The van der Waals surface area contributed by atoms with Crippen LogP contribution in [-0.2, 0) is 0 Å². The third-order valence-corrected chi connectivity index (χ3v) is 6.17. The Morgan fingerprint density at radius 1 is 1.03 bits per heavy atom. The van der Waals surface area contributed by atoms with Crippen molar-refractivity contribution in [2.75, 3.05) is 0 Å². The third kappa shape index (κ3) is 5.55. The number of pyridine rings is 3. The van der Waals surface area contributed by atoms with E-state index in [0.717, 1.165) is 62.4 Å². The van der Waals surface area contributed by atoms with Crippen LogP contribution >= 0.6 is 0 Å². The van der Waals surface area contributed by atoms with Crippen LogP contribution < -0.4 is 5.32 Å². The summed E-state index contributed by atoms with van der Waals surface area (Å²) in [5, 5.41) is 11.0. The molecular formula is C31H32N8. The number of aromatic nitrogens is 7. The highest BCUT2D eigenvalue weighted by Gasteiger charge is 2.18. The summed E-state index contributed by atoms with van der Waals surface area (Å²) in [7, 11) is 0. The van der Waals surface area contributed by atoms with E-state index in [1.165, 1.54) is 0 Å². The van der Waals surface area contributed by atoms with Crippen LogP contribution in [0.5, 0.6) is 0 Å². The molecule has 0 atom stereocenters. The average Bonchev–Trinajstić information content (AvgIpc) is 3.54. The van der Waals surface area contributed by atoms with Crippen LogP contribution in [0.1, 0.15) is 39.8 Å². The van der Waals surface area contributed by atoms with Crippen LogP contribution in [0.2, 0.25) is 0 Å². The minimum Gasteiger partial charge on any atom is -0.359 e. The summed E-state index contributed by atoms with van der Waals surface area (Å²) < 4.78 is 0. The summed E-state index contributed by atoms with van der Waals surface area (Å²) in [5.74, 6) is 0.614. The summed E-state index contributed by atoms with van der Waals surface area (Å²) in [5.41, 5.74) is 9.14. The predicted octanol–water partition coefficient (Wildman–Crippen LogP) is 6.97. The van der Waals surface area contributed by atoms with E-state index in [1.54, 1.807) is 24.7 Å². The van der Waals surface area contributed by atoms with Crippen molar-refractivity contribution in [2.24, 2.45) is 5.41 Å². The lowest BCUT2D eigenvalue weighted by Gasteiger charge is -2.21. The van der Waals surface area contributed by atoms with Crippen molar-refractivity contribution in [2.45, 2.75) is 34.1 Å². The van der Waals surface area contributed by atoms with Crippen molar-refractivity contribution >= 4 is 27.6 Å². The standard InChI is InChI=1S/C31H32N8/c1-7-20(16-22(8-2)34-19(3)17-31(4,5)6)23-11-12-25-28(35-23)29(39-38-25)30-36-24-13-15-33-26(27(24)37-30)21-10-9-14-32-18-21/h7-16,18,34H,2-3,17H2,1,4-6H3,(H,36,37)(H,38,39)/b20-7+,22-16+. The molecule has 0 radical (unpaired) electrons. The SMILES string of the molecule is C=C/C(=C\C(=C/C)c1ccc2[nH]nc(-c3nc4c(-c5cccnc5)nccc4[nH]3)c2n1)NC(=C)CC(C)(C)C. The molecule has 0 saturated heterocycles. The molecule has 0 aliphatic carbocycles. The number of aromatic amines is 2. The van der Waals surface area contributed by atoms with Crippen LogP contribution in [0.3, 0.4) is 0 Å². The van der Waals surface area contributed by atoms with Gasteiger partial charge in [-0.25, -0.2) is 9.97 Å². The van der Waals surface area contributed by atoms with Gasteiger partial charge in [0, 0.05) is 35.5 Å². The van der Waals surface area contributed by atoms with Crippen molar-refractivity contribution in [3.63, 3.8) is 0 Å². The number of hydrogen-bond donors (Lipinski definition) is 3. The molecule has 5 aromatic rings. The zero-order valence-electron chi connectivity index (χ0n) is 22.7. The van der Waals surface area contributed by atoms with Crippen molar-refractivity contribution in [3.05, 3.63) is 97.4 Å². The number of allylic oxidation sites excluding steroid dienone is 5. The predicted molar refractivity (Wildman–Crippen MR) is 158 cm³/mol. The van der Waals surface area contributed by atoms with Crippen LogP contribution in [0, 0.1) is 5.41 Å². The average molecular weight is 517 g/mol. The largest absolute Gasteiger partial charge is 0.359 e. The highest BCUT2D eigenvalue weighted by Crippen LogP contribution is 2.30. The van der Waals surface area contributed by atoms with Gasteiger partial charge < -0.3 is 10.3 Å². The molecule has 0 unspecified atom stereocenters. The first kappa shape index (κ1) is 25.8. The van der Waals surface area contributed by atoms with E-state index < -0.39 is 0 Å². The number of nitrogens with zero attached hydrogens (tertiary/aromatic N) is 5. The molecule has 0 bridgehead atoms. The van der Waals surface area contributed by atoms with E-state index in [1.807, 2.05) is 49.4 Å². The Kier molecular flexibility index (Phi) is 6.94. The normalized spacial score (nSPS) is 12.7. The Morgan fingerprint density at radius 3 is 2.56 bits per heavy atom. The Bertz CT molecular complexity index is 1730. The fourth-order valence-corrected chi connectivity index (χ4v) is 4.49. The maximum atomic E-state index is 4.98. The zero-order valence-corrected chi connectivity index (χ0v) is 22.7. The van der Waals surface area contributed by atoms with Crippen LogP contribution in [0.15, 0.2) is 91.7 Å². The molecule has 0 aliphatic heterocycles. The van der Waals surface area contributed by atoms with E-state index in [4.69, 9.17) is 9.97 Å². The molecule has 0 saturated carbocycles. The summed E-state index contributed by atoms with van der Waals surface area (Å²) in [6, 6.07) is 9.72. The van der Waals surface area contributed by atoms with Gasteiger partial charge in [0.05, 0.1) is 22.4 Å². The lowest BCUT2D eigenvalue weighted by atomic mass is 9.91. The van der Waals surface area contributed by atoms with E-state index in [2.05, 4.69) is 64.4 Å².